The molecule has 1 fully saturated rings. The normalized spacial score (nSPS) is 15.4. The maximum atomic E-state index is 13.0. The molecule has 0 N–H and O–H groups in total. The molecule has 2 aromatic carbocycles. The zero-order chi connectivity index (χ0) is 25.1. The number of ether oxygens (including phenoxy) is 1. The van der Waals surface area contributed by atoms with Gasteiger partial charge in [0.2, 0.25) is 11.8 Å². The van der Waals surface area contributed by atoms with E-state index in [9.17, 15) is 23.6 Å². The van der Waals surface area contributed by atoms with E-state index >= 15 is 0 Å². The minimum absolute atomic E-state index is 0.00907. The van der Waals surface area contributed by atoms with Gasteiger partial charge in [0.25, 0.3) is 0 Å². The third-order valence-electron chi connectivity index (χ3n) is 5.18. The number of anilines is 1. The molecule has 0 aliphatic carbocycles. The molecule has 2 heterocycles. The monoisotopic (exact) mass is 493 g/mol. The second-order valence-electron chi connectivity index (χ2n) is 7.86. The number of thioether (sulfide) groups is 1. The van der Waals surface area contributed by atoms with E-state index in [0.717, 1.165) is 40.2 Å². The number of amides is 2. The Balaban J connectivity index is 1.39. The van der Waals surface area contributed by atoms with Crippen molar-refractivity contribution in [2.45, 2.75) is 30.7 Å². The average molecular weight is 494 g/mol. The van der Waals surface area contributed by atoms with Crippen LogP contribution in [0.5, 0.6) is 0 Å². The van der Waals surface area contributed by atoms with Gasteiger partial charge in [0, 0.05) is 23.4 Å². The van der Waals surface area contributed by atoms with Crippen molar-refractivity contribution in [3.05, 3.63) is 82.9 Å². The minimum atomic E-state index is -0.744. The number of rotatable bonds is 7. The Morgan fingerprint density at radius 3 is 2.23 bits per heavy atom. The number of Topliss-reactive ketones (excluding diaryl/α,β-unsaturated/α-hetero) is 1. The first-order valence-electron chi connectivity index (χ1n) is 10.6. The molecule has 1 atom stereocenters. The number of halogens is 1. The summed E-state index contributed by atoms with van der Waals surface area (Å²) < 4.78 is 18.0. The Morgan fingerprint density at radius 2 is 1.60 bits per heavy atom. The average Bonchev–Trinajstić information content (AvgIpc) is 3.09. The standard InChI is InChI=1S/C25H20FN3O5S/c1-14-11-15(2)28-25(27-14)35-21-12-22(31)29(23(21)32)19-9-5-17(6-10-19)24(33)34-13-20(30)16-3-7-18(26)8-4-16/h3-11,21H,12-13H2,1-2H3. The number of ketones is 1. The van der Waals surface area contributed by atoms with Crippen molar-refractivity contribution in [2.75, 3.05) is 11.5 Å². The number of hydrogen-bond donors (Lipinski definition) is 0. The van der Waals surface area contributed by atoms with Gasteiger partial charge in [0.15, 0.2) is 17.5 Å². The number of nitrogens with zero attached hydrogens (tertiary/aromatic N) is 3. The van der Waals surface area contributed by atoms with Gasteiger partial charge in [-0.15, -0.1) is 0 Å². The van der Waals surface area contributed by atoms with Crippen LogP contribution >= 0.6 is 11.8 Å². The van der Waals surface area contributed by atoms with Gasteiger partial charge in [-0.2, -0.15) is 0 Å². The highest BCUT2D eigenvalue weighted by molar-refractivity contribution is 8.00. The summed E-state index contributed by atoms with van der Waals surface area (Å²) in [5, 5.41) is -0.213. The molecule has 1 aromatic heterocycles. The van der Waals surface area contributed by atoms with Gasteiger partial charge in [-0.3, -0.25) is 14.4 Å². The van der Waals surface area contributed by atoms with Crippen LogP contribution in [0.25, 0.3) is 0 Å². The molecule has 178 valence electrons. The van der Waals surface area contributed by atoms with Crippen LogP contribution in [0.3, 0.4) is 0 Å². The number of aryl methyl sites for hydroxylation is 2. The minimum Gasteiger partial charge on any atom is -0.454 e. The maximum Gasteiger partial charge on any atom is 0.338 e. The zero-order valence-corrected chi connectivity index (χ0v) is 19.7. The molecule has 0 spiro atoms. The molecule has 3 aromatic rings. The molecular formula is C25H20FN3O5S. The first-order chi connectivity index (χ1) is 16.7. The lowest BCUT2D eigenvalue weighted by atomic mass is 10.1. The summed E-state index contributed by atoms with van der Waals surface area (Å²) in [7, 11) is 0. The van der Waals surface area contributed by atoms with Gasteiger partial charge in [-0.05, 0) is 68.4 Å². The highest BCUT2D eigenvalue weighted by atomic mass is 32.2. The Kier molecular flexibility index (Phi) is 7.02. The van der Waals surface area contributed by atoms with Crippen molar-refractivity contribution >= 4 is 41.0 Å². The third kappa shape index (κ3) is 5.60. The maximum absolute atomic E-state index is 13.0. The molecule has 0 radical (unpaired) electrons. The second kappa shape index (κ2) is 10.1. The van der Waals surface area contributed by atoms with E-state index in [1.807, 2.05) is 19.9 Å². The van der Waals surface area contributed by atoms with Crippen molar-refractivity contribution in [1.82, 2.24) is 9.97 Å². The summed E-state index contributed by atoms with van der Waals surface area (Å²) in [5.74, 6) is -2.44. The number of aromatic nitrogens is 2. The molecular weight excluding hydrogens is 473 g/mol. The molecule has 10 heteroatoms. The highest BCUT2D eigenvalue weighted by Gasteiger charge is 2.40. The molecule has 1 unspecified atom stereocenters. The lowest BCUT2D eigenvalue weighted by molar-refractivity contribution is -0.121. The molecule has 35 heavy (non-hydrogen) atoms. The summed E-state index contributed by atoms with van der Waals surface area (Å²) >= 11 is 1.14. The molecule has 1 saturated heterocycles. The van der Waals surface area contributed by atoms with Gasteiger partial charge in [0.1, 0.15) is 11.1 Å². The highest BCUT2D eigenvalue weighted by Crippen LogP contribution is 2.32. The fraction of sp³-hybridized carbons (Fsp3) is 0.200. The number of hydrogen-bond acceptors (Lipinski definition) is 8. The number of benzene rings is 2. The summed E-state index contributed by atoms with van der Waals surface area (Å²) in [5.41, 5.74) is 2.24. The summed E-state index contributed by atoms with van der Waals surface area (Å²) in [6, 6.07) is 12.5. The van der Waals surface area contributed by atoms with E-state index in [2.05, 4.69) is 9.97 Å². The molecule has 0 saturated carbocycles. The summed E-state index contributed by atoms with van der Waals surface area (Å²) in [6.07, 6.45) is 0.00907. The van der Waals surface area contributed by atoms with E-state index in [1.54, 1.807) is 0 Å². The molecule has 2 amide bonds. The number of esters is 1. The van der Waals surface area contributed by atoms with Crippen LogP contribution in [0, 0.1) is 19.7 Å². The molecule has 1 aliphatic rings. The Morgan fingerprint density at radius 1 is 1.00 bits per heavy atom. The predicted molar refractivity (Wildman–Crippen MR) is 126 cm³/mol. The largest absolute Gasteiger partial charge is 0.454 e. The van der Waals surface area contributed by atoms with Gasteiger partial charge < -0.3 is 4.74 Å². The van der Waals surface area contributed by atoms with Crippen LogP contribution in [0.1, 0.15) is 38.5 Å². The number of carbonyl (C=O) groups is 4. The van der Waals surface area contributed by atoms with E-state index in [1.165, 1.54) is 36.4 Å². The SMILES string of the molecule is Cc1cc(C)nc(SC2CC(=O)N(c3ccc(C(=O)OCC(=O)c4ccc(F)cc4)cc3)C2=O)n1. The van der Waals surface area contributed by atoms with Crippen molar-refractivity contribution in [3.8, 4) is 0 Å². The van der Waals surface area contributed by atoms with Gasteiger partial charge in [-0.1, -0.05) is 11.8 Å². The van der Waals surface area contributed by atoms with Crippen LogP contribution in [-0.4, -0.2) is 45.4 Å². The van der Waals surface area contributed by atoms with E-state index in [0.29, 0.717) is 10.8 Å². The fourth-order valence-corrected chi connectivity index (χ4v) is 4.60. The zero-order valence-electron chi connectivity index (χ0n) is 18.9. The molecule has 8 nitrogen and oxygen atoms in total. The quantitative estimate of drug-likeness (QED) is 0.212. The second-order valence-corrected chi connectivity index (χ2v) is 9.03. The van der Waals surface area contributed by atoms with Crippen molar-refractivity contribution < 1.29 is 28.3 Å². The van der Waals surface area contributed by atoms with Crippen LogP contribution in [0.15, 0.2) is 59.8 Å². The fourth-order valence-electron chi connectivity index (χ4n) is 3.52. The summed E-state index contributed by atoms with van der Waals surface area (Å²) in [6.45, 7) is 3.16. The smallest absolute Gasteiger partial charge is 0.338 e. The Hall–Kier alpha value is -3.92. The van der Waals surface area contributed by atoms with E-state index in [4.69, 9.17) is 4.74 Å². The number of imide groups is 1. The Labute approximate surface area is 204 Å². The molecule has 0 bridgehead atoms. The lowest BCUT2D eigenvalue weighted by Crippen LogP contribution is -2.31. The van der Waals surface area contributed by atoms with Crippen LogP contribution in [-0.2, 0) is 14.3 Å². The van der Waals surface area contributed by atoms with Gasteiger partial charge in [0.05, 0.1) is 11.3 Å². The topological polar surface area (TPSA) is 107 Å². The third-order valence-corrected chi connectivity index (χ3v) is 6.22. The van der Waals surface area contributed by atoms with Crippen LogP contribution in [0.2, 0.25) is 0 Å². The number of carbonyl (C=O) groups excluding carboxylic acids is 4. The Bertz CT molecular complexity index is 1290. The first kappa shape index (κ1) is 24.2. The van der Waals surface area contributed by atoms with E-state index < -0.39 is 29.4 Å². The first-order valence-corrected chi connectivity index (χ1v) is 11.5. The molecule has 1 aliphatic heterocycles. The molecule has 4 rings (SSSR count). The predicted octanol–water partition coefficient (Wildman–Crippen LogP) is 3.70. The van der Waals surface area contributed by atoms with E-state index in [-0.39, 0.29) is 29.4 Å². The lowest BCUT2D eigenvalue weighted by Gasteiger charge is -2.15. The summed E-state index contributed by atoms with van der Waals surface area (Å²) in [4.78, 5) is 59.6. The van der Waals surface area contributed by atoms with Gasteiger partial charge in [-0.25, -0.2) is 24.1 Å². The van der Waals surface area contributed by atoms with Crippen LogP contribution in [0.4, 0.5) is 10.1 Å². The van der Waals surface area contributed by atoms with Crippen molar-refractivity contribution in [2.24, 2.45) is 0 Å². The van der Waals surface area contributed by atoms with Crippen molar-refractivity contribution in [3.63, 3.8) is 0 Å². The van der Waals surface area contributed by atoms with Crippen LogP contribution < -0.4 is 4.90 Å². The van der Waals surface area contributed by atoms with Crippen molar-refractivity contribution in [1.29, 1.82) is 0 Å². The van der Waals surface area contributed by atoms with Gasteiger partial charge >= 0.3 is 5.97 Å².